The zero-order valence-electron chi connectivity index (χ0n) is 13.3. The highest BCUT2D eigenvalue weighted by Gasteiger charge is 2.24. The fourth-order valence-corrected chi connectivity index (χ4v) is 4.10. The number of sulfonamides is 1. The Morgan fingerprint density at radius 2 is 2.00 bits per heavy atom. The summed E-state index contributed by atoms with van der Waals surface area (Å²) in [4.78, 5) is 14.1. The zero-order valence-corrected chi connectivity index (χ0v) is 15.0. The number of nitrogens with one attached hydrogen (secondary N) is 2. The molecule has 2 aromatic rings. The highest BCUT2D eigenvalue weighted by atomic mass is 32.2. The summed E-state index contributed by atoms with van der Waals surface area (Å²) in [6.07, 6.45) is 0. The number of thioether (sulfide) groups is 1. The van der Waals surface area contributed by atoms with Crippen molar-refractivity contribution in [2.75, 3.05) is 5.75 Å². The van der Waals surface area contributed by atoms with E-state index < -0.39 is 21.7 Å². The van der Waals surface area contributed by atoms with Crippen molar-refractivity contribution >= 4 is 27.7 Å². The molecule has 0 unspecified atom stereocenters. The largest absolute Gasteiger partial charge is 0.277 e. The quantitative estimate of drug-likeness (QED) is 0.589. The van der Waals surface area contributed by atoms with Crippen molar-refractivity contribution in [1.82, 2.24) is 20.0 Å². The van der Waals surface area contributed by atoms with Crippen LogP contribution in [0.2, 0.25) is 0 Å². The molecule has 0 aliphatic heterocycles. The molecule has 2 rings (SSSR count). The molecular weight excluding hydrogens is 355 g/mol. The van der Waals surface area contributed by atoms with Gasteiger partial charge in [0.2, 0.25) is 5.91 Å². The van der Waals surface area contributed by atoms with Gasteiger partial charge in [-0.15, -0.1) is 16.6 Å². The minimum atomic E-state index is -3.94. The van der Waals surface area contributed by atoms with Crippen molar-refractivity contribution in [1.29, 1.82) is 0 Å². The Bertz CT molecular complexity index is 865. The zero-order chi connectivity index (χ0) is 17.9. The third kappa shape index (κ3) is 4.13. The Morgan fingerprint density at radius 3 is 2.58 bits per heavy atom. The number of rotatable bonds is 6. The van der Waals surface area contributed by atoms with Crippen LogP contribution in [0.15, 0.2) is 34.1 Å². The van der Waals surface area contributed by atoms with Gasteiger partial charge in [-0.1, -0.05) is 12.1 Å². The molecule has 130 valence electrons. The summed E-state index contributed by atoms with van der Waals surface area (Å²) in [5, 5.41) is 4.03. The molecule has 0 aliphatic carbocycles. The van der Waals surface area contributed by atoms with Crippen molar-refractivity contribution in [3.63, 3.8) is 0 Å². The summed E-state index contributed by atoms with van der Waals surface area (Å²) in [7, 11) is -2.31. The fourth-order valence-electron chi connectivity index (χ4n) is 2.06. The topological polar surface area (TPSA) is 93.1 Å². The van der Waals surface area contributed by atoms with Crippen LogP contribution in [0.25, 0.3) is 0 Å². The van der Waals surface area contributed by atoms with Crippen molar-refractivity contribution in [2.45, 2.75) is 23.6 Å². The average molecular weight is 372 g/mol. The van der Waals surface area contributed by atoms with Gasteiger partial charge < -0.3 is 0 Å². The van der Waals surface area contributed by atoms with Gasteiger partial charge in [-0.05, 0) is 26.0 Å². The number of aryl methyl sites for hydroxylation is 2. The van der Waals surface area contributed by atoms with Crippen LogP contribution in [0, 0.1) is 19.7 Å². The van der Waals surface area contributed by atoms with Gasteiger partial charge in [-0.2, -0.15) is 5.10 Å². The Hall–Kier alpha value is -1.91. The Labute approximate surface area is 143 Å². The summed E-state index contributed by atoms with van der Waals surface area (Å²) >= 11 is 0.974. The number of halogens is 1. The first kappa shape index (κ1) is 18.4. The number of carbonyl (C=O) groups is 1. The summed E-state index contributed by atoms with van der Waals surface area (Å²) in [6.45, 7) is 3.18. The minimum absolute atomic E-state index is 0.0204. The van der Waals surface area contributed by atoms with Gasteiger partial charge in [0.25, 0.3) is 10.0 Å². The Kier molecular flexibility index (Phi) is 5.62. The maximum absolute atomic E-state index is 13.5. The van der Waals surface area contributed by atoms with Crippen molar-refractivity contribution in [3.8, 4) is 0 Å². The number of amides is 1. The molecule has 7 nitrogen and oxygen atoms in total. The van der Waals surface area contributed by atoms with Gasteiger partial charge in [0.15, 0.2) is 0 Å². The highest BCUT2D eigenvalue weighted by Crippen LogP contribution is 2.21. The number of carbonyl (C=O) groups excluding carboxylic acids is 1. The summed E-state index contributed by atoms with van der Waals surface area (Å²) in [6, 6.07) is 6.03. The van der Waals surface area contributed by atoms with Gasteiger partial charge in [0, 0.05) is 11.9 Å². The smallest absolute Gasteiger partial charge is 0.261 e. The monoisotopic (exact) mass is 372 g/mol. The molecule has 0 spiro atoms. The van der Waals surface area contributed by atoms with Crippen LogP contribution >= 0.6 is 11.8 Å². The molecule has 1 amide bonds. The summed E-state index contributed by atoms with van der Waals surface area (Å²) < 4.78 is 39.4. The van der Waals surface area contributed by atoms with Gasteiger partial charge in [-0.3, -0.25) is 14.9 Å². The predicted molar refractivity (Wildman–Crippen MR) is 88.3 cm³/mol. The van der Waals surface area contributed by atoms with E-state index in [1.165, 1.54) is 10.7 Å². The standard InChI is InChI=1S/C14H17FN4O3S2/c1-9-14(10(2)19(3)17-9)24(21,22)18-16-13(20)8-23-12-7-5-4-6-11(12)15/h4-7,18H,8H2,1-3H3,(H,16,20). The van der Waals surface area contributed by atoms with Crippen LogP contribution in [0.3, 0.4) is 0 Å². The van der Waals surface area contributed by atoms with E-state index in [1.54, 1.807) is 39.1 Å². The van der Waals surface area contributed by atoms with Crippen LogP contribution in [-0.2, 0) is 21.9 Å². The molecule has 0 radical (unpaired) electrons. The molecule has 2 N–H and O–H groups in total. The molecule has 1 heterocycles. The summed E-state index contributed by atoms with van der Waals surface area (Å²) in [5.41, 5.74) is 2.90. The van der Waals surface area contributed by atoms with E-state index in [0.29, 0.717) is 16.3 Å². The molecular formula is C14H17FN4O3S2. The van der Waals surface area contributed by atoms with Gasteiger partial charge in [0.1, 0.15) is 10.7 Å². The average Bonchev–Trinajstić information content (AvgIpc) is 2.78. The van der Waals surface area contributed by atoms with E-state index >= 15 is 0 Å². The van der Waals surface area contributed by atoms with Gasteiger partial charge >= 0.3 is 0 Å². The number of hydrazine groups is 1. The SMILES string of the molecule is Cc1nn(C)c(C)c1S(=O)(=O)NNC(=O)CSc1ccccc1F. The second-order valence-electron chi connectivity index (χ2n) is 5.00. The molecule has 0 saturated carbocycles. The molecule has 0 saturated heterocycles. The lowest BCUT2D eigenvalue weighted by molar-refractivity contribution is -0.119. The first-order valence-corrected chi connectivity index (χ1v) is 9.37. The second kappa shape index (κ2) is 7.32. The van der Waals surface area contributed by atoms with E-state index in [2.05, 4.69) is 10.5 Å². The molecule has 0 aliphatic rings. The molecule has 24 heavy (non-hydrogen) atoms. The number of hydrogen-bond donors (Lipinski definition) is 2. The Morgan fingerprint density at radius 1 is 1.33 bits per heavy atom. The summed E-state index contributed by atoms with van der Waals surface area (Å²) in [5.74, 6) is -1.16. The third-order valence-corrected chi connectivity index (χ3v) is 5.78. The predicted octanol–water partition coefficient (Wildman–Crippen LogP) is 1.28. The van der Waals surface area contributed by atoms with E-state index in [-0.39, 0.29) is 10.6 Å². The van der Waals surface area contributed by atoms with E-state index in [1.807, 2.05) is 4.83 Å². The fraction of sp³-hybridized carbons (Fsp3) is 0.286. The Balaban J connectivity index is 1.97. The first-order valence-electron chi connectivity index (χ1n) is 6.90. The van der Waals surface area contributed by atoms with Crippen molar-refractivity contribution < 1.29 is 17.6 Å². The maximum Gasteiger partial charge on any atom is 0.261 e. The van der Waals surface area contributed by atoms with E-state index in [4.69, 9.17) is 0 Å². The molecule has 0 fully saturated rings. The lowest BCUT2D eigenvalue weighted by Gasteiger charge is -2.09. The second-order valence-corrected chi connectivity index (χ2v) is 7.63. The normalized spacial score (nSPS) is 11.5. The van der Waals surface area contributed by atoms with E-state index in [9.17, 15) is 17.6 Å². The number of nitrogens with zero attached hydrogens (tertiary/aromatic N) is 2. The molecule has 1 aromatic heterocycles. The molecule has 10 heteroatoms. The van der Waals surface area contributed by atoms with Crippen molar-refractivity contribution in [2.24, 2.45) is 7.05 Å². The lowest BCUT2D eigenvalue weighted by atomic mass is 10.3. The maximum atomic E-state index is 13.5. The van der Waals surface area contributed by atoms with Crippen LogP contribution in [-0.4, -0.2) is 29.9 Å². The van der Waals surface area contributed by atoms with Crippen LogP contribution < -0.4 is 10.3 Å². The van der Waals surface area contributed by atoms with Crippen LogP contribution in [0.5, 0.6) is 0 Å². The third-order valence-electron chi connectivity index (χ3n) is 3.23. The van der Waals surface area contributed by atoms with Gasteiger partial charge in [-0.25, -0.2) is 12.8 Å². The van der Waals surface area contributed by atoms with Crippen molar-refractivity contribution in [3.05, 3.63) is 41.5 Å². The van der Waals surface area contributed by atoms with E-state index in [0.717, 1.165) is 11.8 Å². The number of benzene rings is 1. The molecule has 0 bridgehead atoms. The van der Waals surface area contributed by atoms with Crippen LogP contribution in [0.1, 0.15) is 11.4 Å². The van der Waals surface area contributed by atoms with Crippen LogP contribution in [0.4, 0.5) is 4.39 Å². The lowest BCUT2D eigenvalue weighted by Crippen LogP contribution is -2.42. The van der Waals surface area contributed by atoms with Gasteiger partial charge in [0.05, 0.1) is 17.1 Å². The minimum Gasteiger partial charge on any atom is -0.277 e. The number of hydrogen-bond acceptors (Lipinski definition) is 5. The number of aromatic nitrogens is 2. The molecule has 0 atom stereocenters. The molecule has 1 aromatic carbocycles. The first-order chi connectivity index (χ1) is 11.2. The highest BCUT2D eigenvalue weighted by molar-refractivity contribution is 8.00.